The van der Waals surface area contributed by atoms with Crippen molar-refractivity contribution in [3.63, 3.8) is 0 Å². The van der Waals surface area contributed by atoms with Crippen molar-refractivity contribution < 1.29 is 18.1 Å². The van der Waals surface area contributed by atoms with Gasteiger partial charge in [-0.05, 0) is 18.2 Å². The largest absolute Gasteiger partial charge is 0.340 e. The van der Waals surface area contributed by atoms with E-state index < -0.39 is 11.6 Å². The van der Waals surface area contributed by atoms with Crippen LogP contribution in [-0.2, 0) is 11.3 Å². The number of rotatable bonds is 4. The van der Waals surface area contributed by atoms with E-state index in [9.17, 15) is 13.6 Å². The predicted octanol–water partition coefficient (Wildman–Crippen LogP) is 2.01. The molecule has 6 nitrogen and oxygen atoms in total. The van der Waals surface area contributed by atoms with Crippen molar-refractivity contribution in [1.29, 1.82) is 0 Å². The zero-order valence-corrected chi connectivity index (χ0v) is 13.8. The van der Waals surface area contributed by atoms with Crippen molar-refractivity contribution >= 4 is 12.0 Å². The van der Waals surface area contributed by atoms with Gasteiger partial charge in [0.1, 0.15) is 11.6 Å². The van der Waals surface area contributed by atoms with Crippen molar-refractivity contribution in [3.8, 4) is 0 Å². The first-order valence-corrected chi connectivity index (χ1v) is 7.95. The summed E-state index contributed by atoms with van der Waals surface area (Å²) in [5, 5.41) is 3.85. The van der Waals surface area contributed by atoms with Gasteiger partial charge in [-0.2, -0.15) is 4.98 Å². The number of aromatic nitrogens is 2. The van der Waals surface area contributed by atoms with Crippen molar-refractivity contribution in [2.45, 2.75) is 13.5 Å². The fourth-order valence-corrected chi connectivity index (χ4v) is 2.66. The van der Waals surface area contributed by atoms with Gasteiger partial charge >= 0.3 is 0 Å². The lowest BCUT2D eigenvalue weighted by Gasteiger charge is -2.33. The SMILES string of the molecule is Cc1nc(CN2CCN(C(=O)/C=C\c3c(F)cccc3F)CC2)no1. The van der Waals surface area contributed by atoms with Gasteiger partial charge in [0.15, 0.2) is 5.82 Å². The highest BCUT2D eigenvalue weighted by Gasteiger charge is 2.21. The Kier molecular flexibility index (Phi) is 5.18. The fraction of sp³-hybridized carbons (Fsp3) is 0.353. The van der Waals surface area contributed by atoms with Gasteiger partial charge < -0.3 is 9.42 Å². The molecule has 3 rings (SSSR count). The highest BCUT2D eigenvalue weighted by molar-refractivity contribution is 5.91. The number of carbonyl (C=O) groups is 1. The Hall–Kier alpha value is -2.61. The summed E-state index contributed by atoms with van der Waals surface area (Å²) in [7, 11) is 0. The highest BCUT2D eigenvalue weighted by atomic mass is 19.1. The van der Waals surface area contributed by atoms with Crippen LogP contribution >= 0.6 is 0 Å². The van der Waals surface area contributed by atoms with E-state index >= 15 is 0 Å². The van der Waals surface area contributed by atoms with Gasteiger partial charge in [-0.3, -0.25) is 9.69 Å². The zero-order chi connectivity index (χ0) is 17.8. The predicted molar refractivity (Wildman–Crippen MR) is 86.3 cm³/mol. The Bertz CT molecular complexity index is 762. The van der Waals surface area contributed by atoms with Gasteiger partial charge in [-0.25, -0.2) is 8.78 Å². The molecule has 2 heterocycles. The van der Waals surface area contributed by atoms with E-state index in [4.69, 9.17) is 4.52 Å². The summed E-state index contributed by atoms with van der Waals surface area (Å²) in [5.74, 6) is -0.507. The molecule has 0 N–H and O–H groups in total. The third-order valence-electron chi connectivity index (χ3n) is 4.01. The highest BCUT2D eigenvalue weighted by Crippen LogP contribution is 2.14. The van der Waals surface area contributed by atoms with E-state index in [1.807, 2.05) is 0 Å². The van der Waals surface area contributed by atoms with Crippen LogP contribution in [0.4, 0.5) is 8.78 Å². The molecule has 0 bridgehead atoms. The Morgan fingerprint density at radius 3 is 2.52 bits per heavy atom. The molecule has 0 aliphatic carbocycles. The average Bonchev–Trinajstić information content (AvgIpc) is 3.00. The standard InChI is InChI=1S/C17H18F2N4O2/c1-12-20-16(21-25-12)11-22-7-9-23(10-8-22)17(24)6-5-13-14(18)3-2-4-15(13)19/h2-6H,7-11H2,1H3/b6-5-. The summed E-state index contributed by atoms with van der Waals surface area (Å²) in [6.45, 7) is 4.69. The van der Waals surface area contributed by atoms with E-state index in [0.29, 0.717) is 44.4 Å². The molecule has 2 aromatic rings. The first-order valence-electron chi connectivity index (χ1n) is 7.95. The van der Waals surface area contributed by atoms with Crippen LogP contribution in [0.15, 0.2) is 28.8 Å². The molecule has 0 atom stereocenters. The molecule has 1 amide bonds. The third kappa shape index (κ3) is 4.27. The molecule has 1 aliphatic rings. The number of hydrogen-bond acceptors (Lipinski definition) is 5. The monoisotopic (exact) mass is 348 g/mol. The maximum Gasteiger partial charge on any atom is 0.246 e. The van der Waals surface area contributed by atoms with Crippen LogP contribution in [-0.4, -0.2) is 52.0 Å². The van der Waals surface area contributed by atoms with Crippen molar-refractivity contribution in [2.75, 3.05) is 26.2 Å². The van der Waals surface area contributed by atoms with E-state index in [1.54, 1.807) is 11.8 Å². The second-order valence-electron chi connectivity index (χ2n) is 5.80. The van der Waals surface area contributed by atoms with Crippen LogP contribution in [0.5, 0.6) is 0 Å². The average molecular weight is 348 g/mol. The first-order chi connectivity index (χ1) is 12.0. The van der Waals surface area contributed by atoms with Gasteiger partial charge in [0.05, 0.1) is 6.54 Å². The molecular formula is C17H18F2N4O2. The molecule has 132 valence electrons. The van der Waals surface area contributed by atoms with E-state index in [-0.39, 0.29) is 11.5 Å². The van der Waals surface area contributed by atoms with Crippen LogP contribution in [0.2, 0.25) is 0 Å². The number of amides is 1. The summed E-state index contributed by atoms with van der Waals surface area (Å²) >= 11 is 0. The molecule has 1 aromatic carbocycles. The fourth-order valence-electron chi connectivity index (χ4n) is 2.66. The Balaban J connectivity index is 1.54. The number of benzene rings is 1. The lowest BCUT2D eigenvalue weighted by Crippen LogP contribution is -2.47. The van der Waals surface area contributed by atoms with Gasteiger partial charge in [-0.1, -0.05) is 11.2 Å². The van der Waals surface area contributed by atoms with Crippen LogP contribution in [0.3, 0.4) is 0 Å². The van der Waals surface area contributed by atoms with Crippen molar-refractivity contribution in [1.82, 2.24) is 19.9 Å². The summed E-state index contributed by atoms with van der Waals surface area (Å²) < 4.78 is 32.1. The Morgan fingerprint density at radius 1 is 1.24 bits per heavy atom. The third-order valence-corrected chi connectivity index (χ3v) is 4.01. The van der Waals surface area contributed by atoms with E-state index in [1.165, 1.54) is 18.2 Å². The zero-order valence-electron chi connectivity index (χ0n) is 13.8. The first kappa shape index (κ1) is 17.2. The number of hydrogen-bond donors (Lipinski definition) is 0. The van der Waals surface area contributed by atoms with Crippen LogP contribution in [0.25, 0.3) is 6.08 Å². The maximum atomic E-state index is 13.6. The lowest BCUT2D eigenvalue weighted by molar-refractivity contribution is -0.127. The van der Waals surface area contributed by atoms with E-state index in [2.05, 4.69) is 15.0 Å². The Morgan fingerprint density at radius 2 is 1.92 bits per heavy atom. The smallest absolute Gasteiger partial charge is 0.246 e. The minimum absolute atomic E-state index is 0.207. The minimum Gasteiger partial charge on any atom is -0.340 e. The number of piperazine rings is 1. The summed E-state index contributed by atoms with van der Waals surface area (Å²) in [4.78, 5) is 20.1. The quantitative estimate of drug-likeness (QED) is 0.791. The van der Waals surface area contributed by atoms with Crippen molar-refractivity contribution in [2.24, 2.45) is 0 Å². The number of nitrogens with zero attached hydrogens (tertiary/aromatic N) is 4. The van der Waals surface area contributed by atoms with Crippen LogP contribution in [0, 0.1) is 18.6 Å². The van der Waals surface area contributed by atoms with Crippen LogP contribution in [0.1, 0.15) is 17.3 Å². The molecule has 8 heteroatoms. The summed E-state index contributed by atoms with van der Waals surface area (Å²) in [6.07, 6.45) is 2.39. The van der Waals surface area contributed by atoms with E-state index in [0.717, 1.165) is 12.1 Å². The number of carbonyl (C=O) groups excluding carboxylic acids is 1. The topological polar surface area (TPSA) is 62.5 Å². The molecule has 0 spiro atoms. The summed E-state index contributed by atoms with van der Waals surface area (Å²) in [5.41, 5.74) is -0.207. The Labute approximate surface area is 143 Å². The summed E-state index contributed by atoms with van der Waals surface area (Å²) in [6, 6.07) is 3.60. The molecule has 0 unspecified atom stereocenters. The normalized spacial score (nSPS) is 15.9. The minimum atomic E-state index is -0.690. The molecule has 1 saturated heterocycles. The molecule has 0 radical (unpaired) electrons. The van der Waals surface area contributed by atoms with Crippen molar-refractivity contribution in [3.05, 3.63) is 53.2 Å². The van der Waals surface area contributed by atoms with Gasteiger partial charge in [0, 0.05) is 44.7 Å². The molecule has 0 saturated carbocycles. The molecular weight excluding hydrogens is 330 g/mol. The maximum absolute atomic E-state index is 13.6. The lowest BCUT2D eigenvalue weighted by atomic mass is 10.2. The molecule has 25 heavy (non-hydrogen) atoms. The van der Waals surface area contributed by atoms with Gasteiger partial charge in [-0.15, -0.1) is 0 Å². The van der Waals surface area contributed by atoms with Gasteiger partial charge in [0.25, 0.3) is 0 Å². The second kappa shape index (κ2) is 7.52. The second-order valence-corrected chi connectivity index (χ2v) is 5.80. The molecule has 1 aliphatic heterocycles. The molecule has 1 aromatic heterocycles. The molecule has 1 fully saturated rings. The number of halogens is 2. The number of aryl methyl sites for hydroxylation is 1. The van der Waals surface area contributed by atoms with Crippen LogP contribution < -0.4 is 0 Å². The van der Waals surface area contributed by atoms with Gasteiger partial charge in [0.2, 0.25) is 11.8 Å².